The van der Waals surface area contributed by atoms with Gasteiger partial charge in [-0.05, 0) is 37.8 Å². The van der Waals surface area contributed by atoms with Crippen molar-refractivity contribution < 1.29 is 9.53 Å². The molecule has 1 aromatic carbocycles. The fourth-order valence-electron chi connectivity index (χ4n) is 4.50. The standard InChI is InChI=1S/C21H25N3O3S/c25-19(23-11-12-27-18-8-4-3-7-17(18)23)13-28-21-22-16-6-2-1-5-15(16)20(26)24(21)14-9-10-14/h1-2,5-6,14,17-18H,3-4,7-13H2. The summed E-state index contributed by atoms with van der Waals surface area (Å²) in [5.41, 5.74) is 0.722. The molecule has 0 spiro atoms. The van der Waals surface area contributed by atoms with E-state index < -0.39 is 0 Å². The van der Waals surface area contributed by atoms with Crippen molar-refractivity contribution in [2.45, 2.75) is 61.9 Å². The molecule has 1 aromatic heterocycles. The fraction of sp³-hybridized carbons (Fsp3) is 0.571. The van der Waals surface area contributed by atoms with Crippen molar-refractivity contribution in [3.05, 3.63) is 34.6 Å². The van der Waals surface area contributed by atoms with Crippen molar-refractivity contribution in [2.24, 2.45) is 0 Å². The van der Waals surface area contributed by atoms with Crippen LogP contribution in [0.4, 0.5) is 0 Å². The lowest BCUT2D eigenvalue weighted by molar-refractivity contribution is -0.146. The number of nitrogens with zero attached hydrogens (tertiary/aromatic N) is 3. The largest absolute Gasteiger partial charge is 0.374 e. The van der Waals surface area contributed by atoms with E-state index in [-0.39, 0.29) is 29.7 Å². The molecule has 2 atom stereocenters. The summed E-state index contributed by atoms with van der Waals surface area (Å²) in [5, 5.41) is 1.33. The number of hydrogen-bond donors (Lipinski definition) is 0. The number of carbonyl (C=O) groups is 1. The Kier molecular flexibility index (Phi) is 4.88. The minimum Gasteiger partial charge on any atom is -0.374 e. The van der Waals surface area contributed by atoms with Crippen molar-refractivity contribution in [2.75, 3.05) is 18.9 Å². The Morgan fingerprint density at radius 1 is 1.18 bits per heavy atom. The van der Waals surface area contributed by atoms with Gasteiger partial charge in [-0.3, -0.25) is 14.2 Å². The number of rotatable bonds is 4. The summed E-state index contributed by atoms with van der Waals surface area (Å²) in [5.74, 6) is 0.454. The zero-order valence-corrected chi connectivity index (χ0v) is 16.7. The second-order valence-corrected chi connectivity index (χ2v) is 8.90. The minimum atomic E-state index is 0.0155. The Morgan fingerprint density at radius 3 is 2.86 bits per heavy atom. The minimum absolute atomic E-state index is 0.0155. The zero-order chi connectivity index (χ0) is 19.1. The molecule has 7 heteroatoms. The first-order valence-corrected chi connectivity index (χ1v) is 11.3. The predicted octanol–water partition coefficient (Wildman–Crippen LogP) is 2.99. The first-order valence-electron chi connectivity index (χ1n) is 10.3. The van der Waals surface area contributed by atoms with Crippen LogP contribution in [0.5, 0.6) is 0 Å². The molecule has 0 radical (unpaired) electrons. The summed E-state index contributed by atoms with van der Waals surface area (Å²) < 4.78 is 7.70. The van der Waals surface area contributed by atoms with E-state index in [1.54, 1.807) is 0 Å². The van der Waals surface area contributed by atoms with Gasteiger partial charge < -0.3 is 9.64 Å². The van der Waals surface area contributed by atoms with Gasteiger partial charge in [0.1, 0.15) is 0 Å². The number of hydrogen-bond acceptors (Lipinski definition) is 5. The van der Waals surface area contributed by atoms with E-state index in [4.69, 9.17) is 9.72 Å². The highest BCUT2D eigenvalue weighted by Crippen LogP contribution is 2.37. The van der Waals surface area contributed by atoms with Gasteiger partial charge in [-0.2, -0.15) is 0 Å². The van der Waals surface area contributed by atoms with E-state index in [2.05, 4.69) is 0 Å². The highest BCUT2D eigenvalue weighted by molar-refractivity contribution is 7.99. The van der Waals surface area contributed by atoms with Gasteiger partial charge in [0, 0.05) is 12.6 Å². The Labute approximate surface area is 168 Å². The number of benzene rings is 1. The highest BCUT2D eigenvalue weighted by Gasteiger charge is 2.37. The zero-order valence-electron chi connectivity index (χ0n) is 15.9. The van der Waals surface area contributed by atoms with Gasteiger partial charge >= 0.3 is 0 Å². The Balaban J connectivity index is 1.37. The van der Waals surface area contributed by atoms with Gasteiger partial charge in [0.15, 0.2) is 5.16 Å². The number of morpholine rings is 1. The lowest BCUT2D eigenvalue weighted by atomic mass is 9.90. The van der Waals surface area contributed by atoms with Crippen LogP contribution >= 0.6 is 11.8 Å². The number of carbonyl (C=O) groups excluding carboxylic acids is 1. The van der Waals surface area contributed by atoms with Crippen LogP contribution < -0.4 is 5.56 Å². The topological polar surface area (TPSA) is 64.4 Å². The number of thioether (sulfide) groups is 1. The summed E-state index contributed by atoms with van der Waals surface area (Å²) in [7, 11) is 0. The molecule has 1 amide bonds. The Morgan fingerprint density at radius 2 is 2.00 bits per heavy atom. The number of fused-ring (bicyclic) bond motifs is 2. The van der Waals surface area contributed by atoms with Crippen molar-refractivity contribution in [3.8, 4) is 0 Å². The summed E-state index contributed by atoms with van der Waals surface area (Å²) in [6.07, 6.45) is 6.64. The van der Waals surface area contributed by atoms with Gasteiger partial charge in [0.25, 0.3) is 5.56 Å². The van der Waals surface area contributed by atoms with Crippen LogP contribution in [0.1, 0.15) is 44.6 Å². The SMILES string of the molecule is O=C(CSc1nc2ccccc2c(=O)n1C1CC1)N1CCOC2CCCCC21. The third kappa shape index (κ3) is 3.35. The van der Waals surface area contributed by atoms with Gasteiger partial charge in [0.2, 0.25) is 5.91 Å². The molecule has 2 aromatic rings. The molecule has 6 nitrogen and oxygen atoms in total. The third-order valence-electron chi connectivity index (χ3n) is 6.06. The molecule has 2 saturated carbocycles. The monoisotopic (exact) mass is 399 g/mol. The first kappa shape index (κ1) is 18.2. The van der Waals surface area contributed by atoms with Crippen molar-refractivity contribution >= 4 is 28.6 Å². The van der Waals surface area contributed by atoms with Crippen LogP contribution in [0, 0.1) is 0 Å². The van der Waals surface area contributed by atoms with Gasteiger partial charge in [-0.1, -0.05) is 36.7 Å². The van der Waals surface area contributed by atoms with Crippen LogP contribution in [0.2, 0.25) is 0 Å². The van der Waals surface area contributed by atoms with Crippen LogP contribution in [-0.2, 0) is 9.53 Å². The Bertz CT molecular complexity index is 954. The van der Waals surface area contributed by atoms with Crippen molar-refractivity contribution in [1.29, 1.82) is 0 Å². The van der Waals surface area contributed by atoms with Gasteiger partial charge in [0.05, 0.1) is 35.4 Å². The molecular formula is C21H25N3O3S. The van der Waals surface area contributed by atoms with Crippen LogP contribution in [0.25, 0.3) is 10.9 Å². The van der Waals surface area contributed by atoms with Crippen LogP contribution in [0.3, 0.4) is 0 Å². The number of amides is 1. The molecule has 2 heterocycles. The smallest absolute Gasteiger partial charge is 0.262 e. The van der Waals surface area contributed by atoms with E-state index >= 15 is 0 Å². The highest BCUT2D eigenvalue weighted by atomic mass is 32.2. The third-order valence-corrected chi connectivity index (χ3v) is 7.00. The molecule has 1 saturated heterocycles. The predicted molar refractivity (Wildman–Crippen MR) is 109 cm³/mol. The van der Waals surface area contributed by atoms with E-state index in [0.29, 0.717) is 35.0 Å². The molecule has 28 heavy (non-hydrogen) atoms. The van der Waals surface area contributed by atoms with E-state index in [0.717, 1.165) is 32.1 Å². The number of aromatic nitrogens is 2. The molecule has 2 unspecified atom stereocenters. The number of ether oxygens (including phenoxy) is 1. The normalized spacial score (nSPS) is 24.9. The van der Waals surface area contributed by atoms with Crippen molar-refractivity contribution in [3.63, 3.8) is 0 Å². The average Bonchev–Trinajstić information content (AvgIpc) is 3.56. The van der Waals surface area contributed by atoms with E-state index in [9.17, 15) is 9.59 Å². The second kappa shape index (κ2) is 7.52. The lowest BCUT2D eigenvalue weighted by Crippen LogP contribution is -2.55. The summed E-state index contributed by atoms with van der Waals surface area (Å²) >= 11 is 1.41. The quantitative estimate of drug-likeness (QED) is 0.584. The van der Waals surface area contributed by atoms with E-state index in [1.807, 2.05) is 33.7 Å². The maximum absolute atomic E-state index is 13.0. The molecular weight excluding hydrogens is 374 g/mol. The van der Waals surface area contributed by atoms with Crippen LogP contribution in [-0.4, -0.2) is 51.4 Å². The first-order chi connectivity index (χ1) is 13.7. The summed E-state index contributed by atoms with van der Waals surface area (Å²) in [6, 6.07) is 7.92. The summed E-state index contributed by atoms with van der Waals surface area (Å²) in [6.45, 7) is 1.29. The van der Waals surface area contributed by atoms with Gasteiger partial charge in [-0.15, -0.1) is 0 Å². The lowest BCUT2D eigenvalue weighted by Gasteiger charge is -2.43. The second-order valence-electron chi connectivity index (χ2n) is 7.95. The molecule has 3 fully saturated rings. The number of para-hydroxylation sites is 1. The molecule has 2 aliphatic carbocycles. The maximum Gasteiger partial charge on any atom is 0.262 e. The average molecular weight is 400 g/mol. The maximum atomic E-state index is 13.0. The van der Waals surface area contributed by atoms with Crippen molar-refractivity contribution in [1.82, 2.24) is 14.5 Å². The molecule has 0 bridgehead atoms. The molecule has 5 rings (SSSR count). The van der Waals surface area contributed by atoms with Gasteiger partial charge in [-0.25, -0.2) is 4.98 Å². The van der Waals surface area contributed by atoms with Crippen LogP contribution in [0.15, 0.2) is 34.2 Å². The van der Waals surface area contributed by atoms with E-state index in [1.165, 1.54) is 18.2 Å². The molecule has 1 aliphatic heterocycles. The molecule has 148 valence electrons. The Hall–Kier alpha value is -1.86. The fourth-order valence-corrected chi connectivity index (χ4v) is 5.45. The summed E-state index contributed by atoms with van der Waals surface area (Å²) in [4.78, 5) is 32.7. The molecule has 3 aliphatic rings. The molecule has 0 N–H and O–H groups in total.